The number of aromatic nitrogens is 3. The molecule has 4 heterocycles. The van der Waals surface area contributed by atoms with Gasteiger partial charge >= 0.3 is 0 Å². The molecule has 0 aromatic carbocycles. The Kier molecular flexibility index (Phi) is 6.65. The average Bonchev–Trinajstić information content (AvgIpc) is 2.88. The number of anilines is 1. The van der Waals surface area contributed by atoms with Crippen LogP contribution in [0.15, 0.2) is 41.3 Å². The van der Waals surface area contributed by atoms with Crippen LogP contribution < -0.4 is 31.4 Å². The molecule has 4 N–H and O–H groups in total. The zero-order chi connectivity index (χ0) is 24.4. The molecule has 1 saturated carbocycles. The van der Waals surface area contributed by atoms with Crippen LogP contribution in [0.5, 0.6) is 11.5 Å². The molecule has 1 fully saturated rings. The van der Waals surface area contributed by atoms with Crippen molar-refractivity contribution in [1.29, 1.82) is 0 Å². The highest BCUT2D eigenvalue weighted by molar-refractivity contribution is 5.94. The highest BCUT2D eigenvalue weighted by Gasteiger charge is 2.26. The predicted octanol–water partition coefficient (Wildman–Crippen LogP) is 1.81. The van der Waals surface area contributed by atoms with Crippen molar-refractivity contribution in [3.8, 4) is 11.5 Å². The van der Waals surface area contributed by atoms with Gasteiger partial charge in [0.2, 0.25) is 0 Å². The van der Waals surface area contributed by atoms with Crippen LogP contribution in [0.2, 0.25) is 0 Å². The summed E-state index contributed by atoms with van der Waals surface area (Å²) in [6, 6.07) is 9.11. The molecule has 0 saturated heterocycles. The summed E-state index contributed by atoms with van der Waals surface area (Å²) in [4.78, 5) is 33.0. The summed E-state index contributed by atoms with van der Waals surface area (Å²) in [5, 5.41) is 6.32. The number of pyridine rings is 3. The zero-order valence-corrected chi connectivity index (χ0v) is 19.7. The summed E-state index contributed by atoms with van der Waals surface area (Å²) < 4.78 is 12.4. The van der Waals surface area contributed by atoms with E-state index in [0.29, 0.717) is 42.4 Å². The maximum absolute atomic E-state index is 12.6. The van der Waals surface area contributed by atoms with Gasteiger partial charge in [0.1, 0.15) is 5.75 Å². The van der Waals surface area contributed by atoms with Crippen LogP contribution in [-0.2, 0) is 17.9 Å². The van der Waals surface area contributed by atoms with E-state index in [1.54, 1.807) is 30.0 Å². The summed E-state index contributed by atoms with van der Waals surface area (Å²) in [6.07, 6.45) is 5.63. The van der Waals surface area contributed by atoms with E-state index in [1.807, 2.05) is 18.2 Å². The number of nitrogens with one attached hydrogen (secondary N) is 2. The Balaban J connectivity index is 1.17. The second-order valence-corrected chi connectivity index (χ2v) is 9.20. The average molecular weight is 479 g/mol. The fraction of sp³-hybridized carbons (Fsp3) is 0.440. The van der Waals surface area contributed by atoms with Crippen molar-refractivity contribution in [3.63, 3.8) is 0 Å². The fourth-order valence-corrected chi connectivity index (χ4v) is 4.91. The molecule has 1 amide bonds. The van der Waals surface area contributed by atoms with Crippen LogP contribution in [-0.4, -0.2) is 46.2 Å². The lowest BCUT2D eigenvalue weighted by molar-refractivity contribution is -0.118. The SMILES string of the molecule is COc1cnc2ccc(=O)n(CC(N)C3CCC(NCc4ccc5c(n4)NC(=O)CO5)CC3)c2c1. The lowest BCUT2D eigenvalue weighted by Crippen LogP contribution is -2.42. The minimum absolute atomic E-state index is 0.0257. The van der Waals surface area contributed by atoms with Crippen molar-refractivity contribution in [3.05, 3.63) is 52.6 Å². The monoisotopic (exact) mass is 478 g/mol. The van der Waals surface area contributed by atoms with Crippen molar-refractivity contribution < 1.29 is 14.3 Å². The number of carbonyl (C=O) groups excluding carboxylic acids is 1. The van der Waals surface area contributed by atoms with Gasteiger partial charge in [-0.25, -0.2) is 4.98 Å². The number of hydrogen-bond acceptors (Lipinski definition) is 8. The van der Waals surface area contributed by atoms with Crippen LogP contribution in [0, 0.1) is 5.92 Å². The van der Waals surface area contributed by atoms with E-state index in [1.165, 1.54) is 0 Å². The third-order valence-corrected chi connectivity index (χ3v) is 6.92. The number of amides is 1. The quantitative estimate of drug-likeness (QED) is 0.468. The summed E-state index contributed by atoms with van der Waals surface area (Å²) >= 11 is 0. The molecular formula is C25H30N6O4. The van der Waals surface area contributed by atoms with Crippen molar-refractivity contribution in [1.82, 2.24) is 19.9 Å². The van der Waals surface area contributed by atoms with Gasteiger partial charge in [-0.3, -0.25) is 14.6 Å². The first-order chi connectivity index (χ1) is 17.0. The topological polar surface area (TPSA) is 133 Å². The van der Waals surface area contributed by atoms with E-state index in [4.69, 9.17) is 15.2 Å². The van der Waals surface area contributed by atoms with E-state index in [9.17, 15) is 9.59 Å². The predicted molar refractivity (Wildman–Crippen MR) is 131 cm³/mol. The standard InChI is InChI=1S/C25H30N6O4/c1-34-18-10-21-20(28-12-18)7-9-24(33)31(21)13-19(26)15-2-4-16(5-3-15)27-11-17-6-8-22-25(29-17)30-23(32)14-35-22/h6-10,12,15-16,19,27H,2-5,11,13-14,26H2,1H3,(H,29,30,32). The van der Waals surface area contributed by atoms with Gasteiger partial charge in [-0.2, -0.15) is 0 Å². The molecule has 1 aliphatic carbocycles. The summed E-state index contributed by atoms with van der Waals surface area (Å²) in [5.74, 6) is 1.84. The van der Waals surface area contributed by atoms with Crippen molar-refractivity contribution in [2.75, 3.05) is 19.0 Å². The third-order valence-electron chi connectivity index (χ3n) is 6.92. The summed E-state index contributed by atoms with van der Waals surface area (Å²) in [6.45, 7) is 1.09. The highest BCUT2D eigenvalue weighted by Crippen LogP contribution is 2.28. The molecule has 0 bridgehead atoms. The van der Waals surface area contributed by atoms with Crippen LogP contribution in [0.3, 0.4) is 0 Å². The normalized spacial score (nSPS) is 20.6. The Bertz CT molecular complexity index is 1280. The molecule has 10 heteroatoms. The van der Waals surface area contributed by atoms with Gasteiger partial charge in [0.25, 0.3) is 11.5 Å². The van der Waals surface area contributed by atoms with Gasteiger partial charge in [0.05, 0.1) is 30.0 Å². The molecular weight excluding hydrogens is 448 g/mol. The van der Waals surface area contributed by atoms with E-state index in [0.717, 1.165) is 42.4 Å². The Hall–Kier alpha value is -3.50. The minimum atomic E-state index is -0.189. The molecule has 1 atom stereocenters. The third kappa shape index (κ3) is 5.13. The van der Waals surface area contributed by atoms with E-state index in [2.05, 4.69) is 20.6 Å². The van der Waals surface area contributed by atoms with Gasteiger partial charge in [0, 0.05) is 37.3 Å². The van der Waals surface area contributed by atoms with Crippen molar-refractivity contribution in [2.24, 2.45) is 11.7 Å². The smallest absolute Gasteiger partial charge is 0.263 e. The number of carbonyl (C=O) groups is 1. The number of rotatable bonds is 7. The van der Waals surface area contributed by atoms with Crippen LogP contribution in [0.1, 0.15) is 31.4 Å². The molecule has 3 aromatic rings. The van der Waals surface area contributed by atoms with Crippen molar-refractivity contribution >= 4 is 22.8 Å². The zero-order valence-electron chi connectivity index (χ0n) is 19.7. The van der Waals surface area contributed by atoms with Gasteiger partial charge < -0.3 is 30.4 Å². The Morgan fingerprint density at radius 2 is 2.06 bits per heavy atom. The summed E-state index contributed by atoms with van der Waals surface area (Å²) in [7, 11) is 1.58. The molecule has 0 spiro atoms. The molecule has 3 aromatic heterocycles. The number of nitrogens with two attached hydrogens (primary N) is 1. The molecule has 5 rings (SSSR count). The van der Waals surface area contributed by atoms with E-state index < -0.39 is 0 Å². The number of methoxy groups -OCH3 is 1. The lowest BCUT2D eigenvalue weighted by atomic mass is 9.81. The first-order valence-electron chi connectivity index (χ1n) is 12.0. The molecule has 10 nitrogen and oxygen atoms in total. The Morgan fingerprint density at radius 3 is 2.86 bits per heavy atom. The molecule has 2 aliphatic rings. The first-order valence-corrected chi connectivity index (χ1v) is 12.0. The van der Waals surface area contributed by atoms with E-state index >= 15 is 0 Å². The van der Waals surface area contributed by atoms with Crippen LogP contribution in [0.25, 0.3) is 11.0 Å². The lowest BCUT2D eigenvalue weighted by Gasteiger charge is -2.33. The largest absolute Gasteiger partial charge is 0.495 e. The first kappa shape index (κ1) is 23.3. The molecule has 1 unspecified atom stereocenters. The fourth-order valence-electron chi connectivity index (χ4n) is 4.91. The molecule has 0 radical (unpaired) electrons. The van der Waals surface area contributed by atoms with Crippen molar-refractivity contribution in [2.45, 2.75) is 50.9 Å². The van der Waals surface area contributed by atoms with Gasteiger partial charge in [-0.15, -0.1) is 0 Å². The summed E-state index contributed by atoms with van der Waals surface area (Å²) in [5.41, 5.74) is 8.86. The second-order valence-electron chi connectivity index (χ2n) is 9.20. The van der Waals surface area contributed by atoms with Gasteiger partial charge in [-0.05, 0) is 49.8 Å². The number of fused-ring (bicyclic) bond motifs is 2. The Labute approximate surface area is 202 Å². The maximum atomic E-state index is 12.6. The van der Waals surface area contributed by atoms with Gasteiger partial charge in [-0.1, -0.05) is 0 Å². The number of hydrogen-bond donors (Lipinski definition) is 3. The second kappa shape index (κ2) is 10.0. The number of nitrogens with zero attached hydrogens (tertiary/aromatic N) is 3. The van der Waals surface area contributed by atoms with Crippen LogP contribution in [0.4, 0.5) is 5.82 Å². The van der Waals surface area contributed by atoms with Gasteiger partial charge in [0.15, 0.2) is 18.2 Å². The van der Waals surface area contributed by atoms with Crippen LogP contribution >= 0.6 is 0 Å². The molecule has 35 heavy (non-hydrogen) atoms. The molecule has 184 valence electrons. The Morgan fingerprint density at radius 1 is 1.23 bits per heavy atom. The molecule has 1 aliphatic heterocycles. The highest BCUT2D eigenvalue weighted by atomic mass is 16.5. The maximum Gasteiger partial charge on any atom is 0.263 e. The number of ether oxygens (including phenoxy) is 2. The van der Waals surface area contributed by atoms with E-state index in [-0.39, 0.29) is 24.1 Å². The minimum Gasteiger partial charge on any atom is -0.495 e.